The molecule has 0 radical (unpaired) electrons. The molecule has 2 aromatic carbocycles. The van der Waals surface area contributed by atoms with E-state index in [1.54, 1.807) is 25.3 Å². The number of carbonyl (C=O) groups excluding carboxylic acids is 2. The van der Waals surface area contributed by atoms with Crippen molar-refractivity contribution in [2.45, 2.75) is 6.42 Å². The first-order valence-electron chi connectivity index (χ1n) is 10.1. The van der Waals surface area contributed by atoms with E-state index in [0.717, 1.165) is 41.1 Å². The first kappa shape index (κ1) is 19.6. The Morgan fingerprint density at radius 3 is 2.59 bits per heavy atom. The number of fused-ring (bicyclic) bond motifs is 2. The Hall–Kier alpha value is -4.33. The van der Waals surface area contributed by atoms with E-state index in [4.69, 9.17) is 14.1 Å². The number of benzene rings is 2. The topological polar surface area (TPSA) is 96.7 Å². The van der Waals surface area contributed by atoms with E-state index in [9.17, 15) is 9.59 Å². The second-order valence-electron chi connectivity index (χ2n) is 7.36. The average molecular weight is 428 g/mol. The van der Waals surface area contributed by atoms with E-state index in [0.29, 0.717) is 5.56 Å². The fourth-order valence-corrected chi connectivity index (χ4v) is 3.76. The molecule has 1 aliphatic heterocycles. The number of pyridine rings is 1. The number of ether oxygens (including phenoxy) is 1. The van der Waals surface area contributed by atoms with Crippen LogP contribution in [0.2, 0.25) is 0 Å². The predicted molar refractivity (Wildman–Crippen MR) is 119 cm³/mol. The van der Waals surface area contributed by atoms with Gasteiger partial charge in [0.25, 0.3) is 5.91 Å². The molecule has 2 N–H and O–H groups in total. The van der Waals surface area contributed by atoms with Crippen LogP contribution < -0.4 is 20.5 Å². The van der Waals surface area contributed by atoms with Gasteiger partial charge in [-0.05, 0) is 66.6 Å². The highest BCUT2D eigenvalue weighted by Gasteiger charge is 2.23. The molecule has 0 fully saturated rings. The molecule has 0 atom stereocenters. The zero-order valence-electron chi connectivity index (χ0n) is 17.3. The lowest BCUT2D eigenvalue weighted by molar-refractivity contribution is 0.0831. The summed E-state index contributed by atoms with van der Waals surface area (Å²) in [5, 5.41) is 1.08. The maximum Gasteiger partial charge on any atom is 0.305 e. The van der Waals surface area contributed by atoms with Crippen LogP contribution in [0.15, 0.2) is 71.3 Å². The molecule has 0 saturated heterocycles. The Morgan fingerprint density at radius 2 is 1.84 bits per heavy atom. The van der Waals surface area contributed by atoms with Crippen LogP contribution in [-0.2, 0) is 6.42 Å². The smallest absolute Gasteiger partial charge is 0.305 e. The second-order valence-corrected chi connectivity index (χ2v) is 7.36. The van der Waals surface area contributed by atoms with Gasteiger partial charge in [0, 0.05) is 29.2 Å². The maximum absolute atomic E-state index is 12.4. The van der Waals surface area contributed by atoms with Gasteiger partial charge in [-0.3, -0.25) is 20.4 Å². The number of amides is 2. The van der Waals surface area contributed by atoms with Crippen molar-refractivity contribution in [3.8, 4) is 5.75 Å². The van der Waals surface area contributed by atoms with Crippen molar-refractivity contribution in [3.63, 3.8) is 0 Å². The Bertz CT molecular complexity index is 1300. The number of nitrogens with zero attached hydrogens (tertiary/aromatic N) is 2. The molecule has 0 spiro atoms. The van der Waals surface area contributed by atoms with Gasteiger partial charge in [0.15, 0.2) is 5.76 Å². The number of methoxy groups -OCH3 is 1. The minimum Gasteiger partial charge on any atom is -0.497 e. The van der Waals surface area contributed by atoms with Gasteiger partial charge in [-0.2, -0.15) is 0 Å². The number of furan rings is 1. The van der Waals surface area contributed by atoms with Crippen LogP contribution in [0.5, 0.6) is 5.75 Å². The molecular formula is C24H20N4O4. The molecule has 0 unspecified atom stereocenters. The van der Waals surface area contributed by atoms with Gasteiger partial charge >= 0.3 is 5.91 Å². The van der Waals surface area contributed by atoms with E-state index in [-0.39, 0.29) is 5.76 Å². The number of aromatic nitrogens is 1. The Balaban J connectivity index is 1.32. The Morgan fingerprint density at radius 1 is 1.03 bits per heavy atom. The second kappa shape index (κ2) is 8.07. The highest BCUT2D eigenvalue weighted by Crippen LogP contribution is 2.35. The van der Waals surface area contributed by atoms with E-state index >= 15 is 0 Å². The third-order valence-corrected chi connectivity index (χ3v) is 5.42. The summed E-state index contributed by atoms with van der Waals surface area (Å²) in [6.45, 7) is 0.806. The van der Waals surface area contributed by atoms with Gasteiger partial charge in [-0.1, -0.05) is 0 Å². The third-order valence-electron chi connectivity index (χ3n) is 5.42. The third kappa shape index (κ3) is 3.62. The van der Waals surface area contributed by atoms with Gasteiger partial charge in [0.2, 0.25) is 0 Å². The largest absolute Gasteiger partial charge is 0.497 e. The van der Waals surface area contributed by atoms with Crippen LogP contribution in [0.4, 0.5) is 11.5 Å². The first-order chi connectivity index (χ1) is 15.6. The van der Waals surface area contributed by atoms with Crippen LogP contribution >= 0.6 is 0 Å². The number of carbonyl (C=O) groups is 2. The van der Waals surface area contributed by atoms with Crippen LogP contribution in [0, 0.1) is 0 Å². The molecular weight excluding hydrogens is 408 g/mol. The Kier molecular flexibility index (Phi) is 4.95. The number of hydrogen-bond acceptors (Lipinski definition) is 6. The van der Waals surface area contributed by atoms with E-state index in [1.165, 1.54) is 17.9 Å². The lowest BCUT2D eigenvalue weighted by Gasteiger charge is -2.19. The summed E-state index contributed by atoms with van der Waals surface area (Å²) in [4.78, 5) is 31.2. The summed E-state index contributed by atoms with van der Waals surface area (Å²) in [7, 11) is 1.64. The summed E-state index contributed by atoms with van der Waals surface area (Å²) < 4.78 is 10.3. The number of anilines is 2. The standard InChI is InChI=1S/C24H20N4O4/c1-31-19-9-6-16-13-17-10-11-28(22(17)25-20(16)14-19)18-7-4-15(5-8-18)23(29)26-27-24(30)21-3-2-12-32-21/h2-9,12-14H,10-11H2,1H3,(H,26,29)(H,27,30). The maximum atomic E-state index is 12.4. The molecule has 3 heterocycles. The summed E-state index contributed by atoms with van der Waals surface area (Å²) in [6, 6.07) is 18.3. The van der Waals surface area contributed by atoms with Crippen molar-refractivity contribution in [2.24, 2.45) is 0 Å². The van der Waals surface area contributed by atoms with Gasteiger partial charge in [-0.25, -0.2) is 4.98 Å². The van der Waals surface area contributed by atoms with Gasteiger partial charge in [0.05, 0.1) is 18.9 Å². The zero-order valence-corrected chi connectivity index (χ0v) is 17.3. The summed E-state index contributed by atoms with van der Waals surface area (Å²) >= 11 is 0. The van der Waals surface area contributed by atoms with Gasteiger partial charge < -0.3 is 14.1 Å². The van der Waals surface area contributed by atoms with E-state index in [1.807, 2.05) is 30.3 Å². The monoisotopic (exact) mass is 428 g/mol. The van der Waals surface area contributed by atoms with Crippen molar-refractivity contribution in [3.05, 3.63) is 83.8 Å². The summed E-state index contributed by atoms with van der Waals surface area (Å²) in [6.07, 6.45) is 2.28. The quantitative estimate of drug-likeness (QED) is 0.482. The lowest BCUT2D eigenvalue weighted by Crippen LogP contribution is -2.41. The summed E-state index contributed by atoms with van der Waals surface area (Å²) in [5.41, 5.74) is 8.13. The van der Waals surface area contributed by atoms with Crippen molar-refractivity contribution < 1.29 is 18.7 Å². The van der Waals surface area contributed by atoms with Gasteiger partial charge in [-0.15, -0.1) is 0 Å². The van der Waals surface area contributed by atoms with Crippen molar-refractivity contribution in [1.82, 2.24) is 15.8 Å². The Labute approximate surface area is 183 Å². The van der Waals surface area contributed by atoms with Crippen LogP contribution in [0.1, 0.15) is 26.5 Å². The number of hydrogen-bond donors (Lipinski definition) is 2. The van der Waals surface area contributed by atoms with Gasteiger partial charge in [0.1, 0.15) is 11.6 Å². The fraction of sp³-hybridized carbons (Fsp3) is 0.125. The zero-order chi connectivity index (χ0) is 22.1. The average Bonchev–Trinajstić information content (AvgIpc) is 3.51. The molecule has 32 heavy (non-hydrogen) atoms. The molecule has 0 saturated carbocycles. The molecule has 8 nitrogen and oxygen atoms in total. The molecule has 160 valence electrons. The normalized spacial score (nSPS) is 12.5. The van der Waals surface area contributed by atoms with E-state index < -0.39 is 11.8 Å². The van der Waals surface area contributed by atoms with E-state index in [2.05, 4.69) is 21.8 Å². The number of nitrogens with one attached hydrogen (secondary N) is 2. The molecule has 8 heteroatoms. The molecule has 0 bridgehead atoms. The van der Waals surface area contributed by atoms with Crippen molar-refractivity contribution in [1.29, 1.82) is 0 Å². The molecule has 1 aliphatic rings. The van der Waals surface area contributed by atoms with Crippen molar-refractivity contribution in [2.75, 3.05) is 18.6 Å². The molecule has 2 aromatic heterocycles. The highest BCUT2D eigenvalue weighted by atomic mass is 16.5. The van der Waals surface area contributed by atoms with Crippen LogP contribution in [0.25, 0.3) is 10.9 Å². The van der Waals surface area contributed by atoms with Crippen molar-refractivity contribution >= 4 is 34.2 Å². The van der Waals surface area contributed by atoms with Crippen LogP contribution in [0.3, 0.4) is 0 Å². The molecule has 5 rings (SSSR count). The highest BCUT2D eigenvalue weighted by molar-refractivity contribution is 5.98. The molecule has 0 aliphatic carbocycles. The minimum atomic E-state index is -0.524. The fourth-order valence-electron chi connectivity index (χ4n) is 3.76. The SMILES string of the molecule is COc1ccc2cc3c(nc2c1)N(c1ccc(C(=O)NNC(=O)c2ccco2)cc1)CC3. The number of rotatable bonds is 4. The first-order valence-corrected chi connectivity index (χ1v) is 10.1. The lowest BCUT2D eigenvalue weighted by atomic mass is 10.1. The minimum absolute atomic E-state index is 0.117. The predicted octanol–water partition coefficient (Wildman–Crippen LogP) is 3.61. The van der Waals surface area contributed by atoms with Crippen LogP contribution in [-0.4, -0.2) is 30.5 Å². The molecule has 4 aromatic rings. The molecule has 2 amide bonds. The number of hydrazine groups is 1. The summed E-state index contributed by atoms with van der Waals surface area (Å²) in [5.74, 6) is 0.849.